The molecule has 3 N–H and O–H groups in total. The van der Waals surface area contributed by atoms with Crippen LogP contribution < -0.4 is 16.0 Å². The van der Waals surface area contributed by atoms with Crippen LogP contribution in [-0.4, -0.2) is 29.4 Å². The molecule has 0 radical (unpaired) electrons. The minimum Gasteiger partial charge on any atom is -0.353 e. The second-order valence-corrected chi connectivity index (χ2v) is 9.44. The Morgan fingerprint density at radius 3 is 2.24 bits per heavy atom. The molecule has 6 heteroatoms. The number of amides is 4. The Balaban J connectivity index is 1.38. The van der Waals surface area contributed by atoms with Crippen LogP contribution >= 0.6 is 0 Å². The Morgan fingerprint density at radius 1 is 1.08 bits per heavy atom. The van der Waals surface area contributed by atoms with E-state index in [-0.39, 0.29) is 34.6 Å². The Morgan fingerprint density at radius 2 is 1.76 bits per heavy atom. The van der Waals surface area contributed by atoms with Crippen LogP contribution in [0.5, 0.6) is 0 Å². The molecule has 2 bridgehead atoms. The molecule has 0 aromatic carbocycles. The zero-order chi connectivity index (χ0) is 18.0. The molecule has 0 aromatic rings. The number of urea groups is 1. The van der Waals surface area contributed by atoms with Crippen LogP contribution in [0.15, 0.2) is 0 Å². The maximum atomic E-state index is 12.8. The van der Waals surface area contributed by atoms with Crippen LogP contribution in [-0.2, 0) is 9.59 Å². The fourth-order valence-electron chi connectivity index (χ4n) is 5.96. The lowest BCUT2D eigenvalue weighted by Gasteiger charge is -2.40. The maximum absolute atomic E-state index is 12.8. The van der Waals surface area contributed by atoms with Gasteiger partial charge >= 0.3 is 6.03 Å². The highest BCUT2D eigenvalue weighted by molar-refractivity contribution is 6.07. The molecular formula is C19H29N3O3. The van der Waals surface area contributed by atoms with E-state index in [9.17, 15) is 14.4 Å². The number of nitrogens with one attached hydrogen (secondary N) is 3. The van der Waals surface area contributed by atoms with Crippen molar-refractivity contribution in [3.05, 3.63) is 0 Å². The third-order valence-corrected chi connectivity index (χ3v) is 8.33. The van der Waals surface area contributed by atoms with Crippen LogP contribution in [0.25, 0.3) is 0 Å². The largest absolute Gasteiger partial charge is 0.353 e. The zero-order valence-corrected chi connectivity index (χ0v) is 15.4. The van der Waals surface area contributed by atoms with Crippen molar-refractivity contribution in [1.82, 2.24) is 16.0 Å². The van der Waals surface area contributed by atoms with Crippen molar-refractivity contribution in [1.29, 1.82) is 0 Å². The Hall–Kier alpha value is -1.59. The van der Waals surface area contributed by atoms with Crippen molar-refractivity contribution in [3.8, 4) is 0 Å². The quantitative estimate of drug-likeness (QED) is 0.669. The van der Waals surface area contributed by atoms with Gasteiger partial charge in [0.15, 0.2) is 0 Å². The van der Waals surface area contributed by atoms with E-state index in [4.69, 9.17) is 0 Å². The number of hydrogen-bond acceptors (Lipinski definition) is 3. The van der Waals surface area contributed by atoms with Gasteiger partial charge in [0.05, 0.1) is 0 Å². The fraction of sp³-hybridized carbons (Fsp3) is 0.842. The molecule has 4 aliphatic rings. The Bertz CT molecular complexity index is 636. The average Bonchev–Trinajstić information content (AvgIpc) is 3.02. The van der Waals surface area contributed by atoms with Crippen LogP contribution in [0.4, 0.5) is 4.79 Å². The summed E-state index contributed by atoms with van der Waals surface area (Å²) >= 11 is 0. The summed E-state index contributed by atoms with van der Waals surface area (Å²) in [6, 6.07) is -0.149. The second kappa shape index (κ2) is 5.21. The van der Waals surface area contributed by atoms with Crippen LogP contribution in [0.3, 0.4) is 0 Å². The van der Waals surface area contributed by atoms with E-state index in [1.807, 2.05) is 0 Å². The molecule has 3 aliphatic carbocycles. The number of imide groups is 1. The van der Waals surface area contributed by atoms with Gasteiger partial charge in [-0.05, 0) is 61.7 Å². The van der Waals surface area contributed by atoms with E-state index >= 15 is 0 Å². The van der Waals surface area contributed by atoms with Crippen molar-refractivity contribution < 1.29 is 14.4 Å². The monoisotopic (exact) mass is 347 g/mol. The van der Waals surface area contributed by atoms with Crippen LogP contribution in [0, 0.1) is 22.7 Å². The van der Waals surface area contributed by atoms with Crippen LogP contribution in [0.1, 0.15) is 65.7 Å². The summed E-state index contributed by atoms with van der Waals surface area (Å²) in [4.78, 5) is 36.3. The molecular weight excluding hydrogens is 318 g/mol. The van der Waals surface area contributed by atoms with E-state index in [1.54, 1.807) is 0 Å². The molecule has 0 unspecified atom stereocenters. The minimum atomic E-state index is -0.783. The zero-order valence-electron chi connectivity index (χ0n) is 15.4. The number of fused-ring (bicyclic) bond motifs is 2. The van der Waals surface area contributed by atoms with Gasteiger partial charge in [-0.15, -0.1) is 0 Å². The molecule has 138 valence electrons. The lowest BCUT2D eigenvalue weighted by Crippen LogP contribution is -2.53. The molecule has 4 amide bonds. The van der Waals surface area contributed by atoms with E-state index in [1.165, 1.54) is 12.8 Å². The third-order valence-electron chi connectivity index (χ3n) is 8.33. The van der Waals surface area contributed by atoms with E-state index in [0.29, 0.717) is 31.6 Å². The molecule has 4 fully saturated rings. The Kier molecular flexibility index (Phi) is 3.51. The van der Waals surface area contributed by atoms with Crippen molar-refractivity contribution in [2.45, 2.75) is 77.3 Å². The van der Waals surface area contributed by atoms with Gasteiger partial charge in [-0.1, -0.05) is 20.8 Å². The SMILES string of the molecule is CC1(C)[C@H]2CC[C@@]1(C)[C@H](NC(=O)C1CCC3(CC1)NC(=O)NC3=O)C2. The van der Waals surface area contributed by atoms with Gasteiger partial charge in [0.2, 0.25) is 5.91 Å². The van der Waals surface area contributed by atoms with E-state index in [2.05, 4.69) is 36.7 Å². The highest BCUT2D eigenvalue weighted by Gasteiger charge is 2.61. The molecule has 1 heterocycles. The molecule has 1 aliphatic heterocycles. The lowest BCUT2D eigenvalue weighted by atomic mass is 9.69. The highest BCUT2D eigenvalue weighted by Crippen LogP contribution is 2.65. The number of carbonyl (C=O) groups is 3. The number of hydrogen-bond donors (Lipinski definition) is 3. The van der Waals surface area contributed by atoms with Gasteiger partial charge in [0.1, 0.15) is 5.54 Å². The first-order valence-electron chi connectivity index (χ1n) is 9.62. The summed E-state index contributed by atoms with van der Waals surface area (Å²) in [7, 11) is 0. The lowest BCUT2D eigenvalue weighted by molar-refractivity contribution is -0.131. The first-order valence-corrected chi connectivity index (χ1v) is 9.62. The van der Waals surface area contributed by atoms with Gasteiger partial charge in [0.25, 0.3) is 5.91 Å². The summed E-state index contributed by atoms with van der Waals surface area (Å²) in [6.07, 6.45) is 5.93. The fourth-order valence-corrected chi connectivity index (χ4v) is 5.96. The molecule has 1 spiro atoms. The first kappa shape index (κ1) is 16.9. The minimum absolute atomic E-state index is 0.0539. The second-order valence-electron chi connectivity index (χ2n) is 9.44. The normalized spacial score (nSPS) is 38.7. The molecule has 4 rings (SSSR count). The summed E-state index contributed by atoms with van der Waals surface area (Å²) < 4.78 is 0. The summed E-state index contributed by atoms with van der Waals surface area (Å²) in [5, 5.41) is 8.43. The molecule has 25 heavy (non-hydrogen) atoms. The average molecular weight is 347 g/mol. The van der Waals surface area contributed by atoms with Gasteiger partial charge in [-0.25, -0.2) is 4.79 Å². The van der Waals surface area contributed by atoms with Crippen molar-refractivity contribution in [3.63, 3.8) is 0 Å². The van der Waals surface area contributed by atoms with Crippen molar-refractivity contribution in [2.24, 2.45) is 22.7 Å². The van der Waals surface area contributed by atoms with Crippen molar-refractivity contribution >= 4 is 17.8 Å². The van der Waals surface area contributed by atoms with E-state index in [0.717, 1.165) is 6.42 Å². The standard InChI is InChI=1S/C19H29N3O3/c1-17(2)12-6-7-18(17,3)13(10-12)20-14(23)11-4-8-19(9-5-11)15(24)21-16(25)22-19/h11-13H,4-10H2,1-3H3,(H,20,23)(H2,21,22,24,25)/t11?,12-,13+,18-,19?/m0/s1. The van der Waals surface area contributed by atoms with Gasteiger partial charge in [-0.3, -0.25) is 14.9 Å². The smallest absolute Gasteiger partial charge is 0.322 e. The maximum Gasteiger partial charge on any atom is 0.322 e. The topological polar surface area (TPSA) is 87.3 Å². The number of carbonyl (C=O) groups excluding carboxylic acids is 3. The Labute approximate surface area is 148 Å². The molecule has 1 saturated heterocycles. The van der Waals surface area contributed by atoms with Gasteiger partial charge < -0.3 is 10.6 Å². The molecule has 0 aromatic heterocycles. The van der Waals surface area contributed by atoms with Gasteiger partial charge in [0, 0.05) is 12.0 Å². The number of rotatable bonds is 2. The summed E-state index contributed by atoms with van der Waals surface area (Å²) in [6.45, 7) is 7.03. The molecule has 3 saturated carbocycles. The van der Waals surface area contributed by atoms with E-state index < -0.39 is 11.6 Å². The molecule has 3 atom stereocenters. The predicted molar refractivity (Wildman–Crippen MR) is 92.5 cm³/mol. The predicted octanol–water partition coefficient (Wildman–Crippen LogP) is 2.09. The summed E-state index contributed by atoms with van der Waals surface area (Å²) in [5.41, 5.74) is -0.315. The third kappa shape index (κ3) is 2.25. The van der Waals surface area contributed by atoms with Crippen molar-refractivity contribution in [2.75, 3.05) is 0 Å². The molecule has 6 nitrogen and oxygen atoms in total. The highest BCUT2D eigenvalue weighted by atomic mass is 16.2. The summed E-state index contributed by atoms with van der Waals surface area (Å²) in [5.74, 6) is 0.546. The van der Waals surface area contributed by atoms with Gasteiger partial charge in [-0.2, -0.15) is 0 Å². The van der Waals surface area contributed by atoms with Crippen LogP contribution in [0.2, 0.25) is 0 Å². The first-order chi connectivity index (χ1) is 11.7.